The summed E-state index contributed by atoms with van der Waals surface area (Å²) < 4.78 is 25.5. The fraction of sp³-hybridized carbons (Fsp3) is 0.435. The number of ether oxygens (including phenoxy) is 2. The maximum Gasteiger partial charge on any atom is 0.407 e. The third kappa shape index (κ3) is 4.25. The van der Waals surface area contributed by atoms with Crippen LogP contribution in [-0.4, -0.2) is 58.8 Å². The van der Waals surface area contributed by atoms with E-state index in [1.807, 2.05) is 25.8 Å². The van der Waals surface area contributed by atoms with Crippen LogP contribution in [0, 0.1) is 5.82 Å². The summed E-state index contributed by atoms with van der Waals surface area (Å²) in [4.78, 5) is 29.6. The number of carbonyl (C=O) groups is 2. The summed E-state index contributed by atoms with van der Waals surface area (Å²) in [5.74, 6) is -0.286. The quantitative estimate of drug-likeness (QED) is 0.782. The first-order chi connectivity index (χ1) is 15.2. The lowest BCUT2D eigenvalue weighted by molar-refractivity contribution is -0.00283. The number of amides is 2. The Kier molecular flexibility index (Phi) is 5.77. The molecule has 1 unspecified atom stereocenters. The molecule has 9 heteroatoms. The number of hydrogen-bond acceptors (Lipinski definition) is 6. The van der Waals surface area contributed by atoms with Crippen LogP contribution in [-0.2, 0) is 11.3 Å². The van der Waals surface area contributed by atoms with E-state index in [2.05, 4.69) is 10.3 Å². The Hall–Kier alpha value is -3.20. The van der Waals surface area contributed by atoms with Crippen molar-refractivity contribution in [2.24, 2.45) is 0 Å². The second kappa shape index (κ2) is 8.38. The molecule has 2 amide bonds. The second-order valence-electron chi connectivity index (χ2n) is 8.97. The fourth-order valence-corrected chi connectivity index (χ4v) is 4.07. The van der Waals surface area contributed by atoms with Crippen LogP contribution in [0.25, 0.3) is 11.3 Å². The lowest BCUT2D eigenvalue weighted by atomic mass is 10.0. The molecule has 2 aliphatic heterocycles. The molecule has 1 fully saturated rings. The smallest absolute Gasteiger partial charge is 0.407 e. The van der Waals surface area contributed by atoms with E-state index < -0.39 is 11.9 Å². The van der Waals surface area contributed by atoms with Gasteiger partial charge in [-0.25, -0.2) is 14.2 Å². The lowest BCUT2D eigenvalue weighted by Crippen LogP contribution is -2.44. The maximum atomic E-state index is 14.7. The van der Waals surface area contributed by atoms with E-state index in [9.17, 15) is 14.0 Å². The van der Waals surface area contributed by atoms with Crippen LogP contribution in [0.4, 0.5) is 9.18 Å². The van der Waals surface area contributed by atoms with E-state index in [-0.39, 0.29) is 29.7 Å². The third-order valence-corrected chi connectivity index (χ3v) is 5.48. The Labute approximate surface area is 186 Å². The summed E-state index contributed by atoms with van der Waals surface area (Å²) in [5.41, 5.74) is 1.37. The van der Waals surface area contributed by atoms with Crippen LogP contribution < -0.4 is 10.1 Å². The summed E-state index contributed by atoms with van der Waals surface area (Å²) in [6, 6.07) is 6.23. The zero-order valence-electron chi connectivity index (χ0n) is 18.6. The molecule has 0 aliphatic carbocycles. The highest BCUT2D eigenvalue weighted by atomic mass is 19.1. The topological polar surface area (TPSA) is 84.0 Å². The number of nitrogens with zero attached hydrogens (tertiary/aromatic N) is 3. The molecule has 0 bridgehead atoms. The van der Waals surface area contributed by atoms with Gasteiger partial charge in [-0.05, 0) is 39.0 Å². The van der Waals surface area contributed by atoms with Crippen molar-refractivity contribution in [1.82, 2.24) is 20.3 Å². The van der Waals surface area contributed by atoms with Crippen molar-refractivity contribution in [1.29, 1.82) is 0 Å². The molecule has 1 atom stereocenters. The molecule has 2 aromatic rings. The number of alkyl carbamates (subject to hydrolysis) is 1. The molecule has 0 spiro atoms. The first-order valence-corrected chi connectivity index (χ1v) is 10.5. The van der Waals surface area contributed by atoms with Gasteiger partial charge in [-0.2, -0.15) is 0 Å². The van der Waals surface area contributed by atoms with Gasteiger partial charge in [0.25, 0.3) is 5.91 Å². The first kappa shape index (κ1) is 22.0. The molecule has 3 heterocycles. The standard InChI is InChI=1S/C23H27FN4O4/c1-23(2,3)26-22(30)32-14-9-11-27(12-14)28-13-16-15(21(28)29)8-10-25-20(16)19-17(24)6-5-7-18(19)31-4/h5-8,10,14H,9,11-13H2,1-4H3,(H,26,30). The van der Waals surface area contributed by atoms with E-state index in [0.29, 0.717) is 42.1 Å². The minimum Gasteiger partial charge on any atom is -0.496 e. The van der Waals surface area contributed by atoms with Gasteiger partial charge in [-0.3, -0.25) is 14.8 Å². The van der Waals surface area contributed by atoms with Gasteiger partial charge in [0.2, 0.25) is 0 Å². The molecule has 0 saturated carbocycles. The Bertz CT molecular complexity index is 1050. The van der Waals surface area contributed by atoms with Gasteiger partial charge in [-0.1, -0.05) is 6.07 Å². The highest BCUT2D eigenvalue weighted by Gasteiger charge is 2.39. The monoisotopic (exact) mass is 442 g/mol. The SMILES string of the molecule is COc1cccc(F)c1-c1nccc2c1CN(N1CCC(OC(=O)NC(C)(C)C)C1)C2=O. The number of benzene rings is 1. The van der Waals surface area contributed by atoms with Crippen LogP contribution in [0.3, 0.4) is 0 Å². The number of pyridine rings is 1. The number of hydrazine groups is 1. The number of carbonyl (C=O) groups excluding carboxylic acids is 2. The average Bonchev–Trinajstić information content (AvgIpc) is 3.30. The van der Waals surface area contributed by atoms with Crippen LogP contribution in [0.1, 0.15) is 43.1 Å². The average molecular weight is 442 g/mol. The minimum atomic E-state index is -0.474. The van der Waals surface area contributed by atoms with Gasteiger partial charge in [-0.15, -0.1) is 0 Å². The van der Waals surface area contributed by atoms with Gasteiger partial charge in [0.05, 0.1) is 31.5 Å². The van der Waals surface area contributed by atoms with Crippen molar-refractivity contribution in [3.8, 4) is 17.0 Å². The van der Waals surface area contributed by atoms with Crippen molar-refractivity contribution in [2.45, 2.75) is 45.4 Å². The number of halogens is 1. The van der Waals surface area contributed by atoms with Crippen LogP contribution >= 0.6 is 0 Å². The van der Waals surface area contributed by atoms with Crippen molar-refractivity contribution in [3.63, 3.8) is 0 Å². The molecule has 1 saturated heterocycles. The van der Waals surface area contributed by atoms with Gasteiger partial charge in [0, 0.05) is 35.8 Å². The van der Waals surface area contributed by atoms with E-state index in [4.69, 9.17) is 9.47 Å². The van der Waals surface area contributed by atoms with Gasteiger partial charge in [0.1, 0.15) is 17.7 Å². The predicted molar refractivity (Wildman–Crippen MR) is 115 cm³/mol. The van der Waals surface area contributed by atoms with E-state index in [1.165, 1.54) is 19.4 Å². The second-order valence-corrected chi connectivity index (χ2v) is 8.97. The molecule has 1 aromatic heterocycles. The molecule has 4 rings (SSSR count). The van der Waals surface area contributed by atoms with Crippen molar-refractivity contribution >= 4 is 12.0 Å². The zero-order chi connectivity index (χ0) is 23.0. The van der Waals surface area contributed by atoms with E-state index >= 15 is 0 Å². The summed E-state index contributed by atoms with van der Waals surface area (Å²) in [7, 11) is 1.47. The van der Waals surface area contributed by atoms with Crippen molar-refractivity contribution in [3.05, 3.63) is 47.4 Å². The van der Waals surface area contributed by atoms with E-state index in [0.717, 1.165) is 0 Å². The Morgan fingerprint density at radius 1 is 1.28 bits per heavy atom. The molecular weight excluding hydrogens is 415 g/mol. The molecule has 2 aliphatic rings. The number of fused-ring (bicyclic) bond motifs is 1. The number of hydrogen-bond donors (Lipinski definition) is 1. The molecule has 170 valence electrons. The lowest BCUT2D eigenvalue weighted by Gasteiger charge is -2.27. The summed E-state index contributed by atoms with van der Waals surface area (Å²) in [6.45, 7) is 6.88. The van der Waals surface area contributed by atoms with Gasteiger partial charge < -0.3 is 14.8 Å². The highest BCUT2D eigenvalue weighted by Crippen LogP contribution is 2.38. The zero-order valence-corrected chi connectivity index (χ0v) is 18.6. The van der Waals surface area contributed by atoms with Gasteiger partial charge >= 0.3 is 6.09 Å². The summed E-state index contributed by atoms with van der Waals surface area (Å²) in [6.07, 6.45) is 1.33. The number of nitrogens with one attached hydrogen (secondary N) is 1. The summed E-state index contributed by atoms with van der Waals surface area (Å²) >= 11 is 0. The molecule has 1 aromatic carbocycles. The Balaban J connectivity index is 1.53. The molecule has 0 radical (unpaired) electrons. The van der Waals surface area contributed by atoms with Crippen molar-refractivity contribution in [2.75, 3.05) is 20.2 Å². The van der Waals surface area contributed by atoms with Gasteiger partial charge in [0.15, 0.2) is 0 Å². The van der Waals surface area contributed by atoms with Crippen LogP contribution in [0.15, 0.2) is 30.5 Å². The van der Waals surface area contributed by atoms with Crippen molar-refractivity contribution < 1.29 is 23.5 Å². The highest BCUT2D eigenvalue weighted by molar-refractivity contribution is 6.00. The Morgan fingerprint density at radius 2 is 2.06 bits per heavy atom. The molecular formula is C23H27FN4O4. The molecule has 32 heavy (non-hydrogen) atoms. The minimum absolute atomic E-state index is 0.182. The van der Waals surface area contributed by atoms with Crippen LogP contribution in [0.5, 0.6) is 5.75 Å². The predicted octanol–water partition coefficient (Wildman–Crippen LogP) is 3.37. The normalized spacial score (nSPS) is 18.6. The Morgan fingerprint density at radius 3 is 2.78 bits per heavy atom. The van der Waals surface area contributed by atoms with Crippen LogP contribution in [0.2, 0.25) is 0 Å². The third-order valence-electron chi connectivity index (χ3n) is 5.48. The largest absolute Gasteiger partial charge is 0.496 e. The molecule has 1 N–H and O–H groups in total. The summed E-state index contributed by atoms with van der Waals surface area (Å²) in [5, 5.41) is 6.27. The first-order valence-electron chi connectivity index (χ1n) is 10.5. The number of methoxy groups -OCH3 is 1. The molecule has 8 nitrogen and oxygen atoms in total. The maximum absolute atomic E-state index is 14.7. The fourth-order valence-electron chi connectivity index (χ4n) is 4.07. The van der Waals surface area contributed by atoms with E-state index in [1.54, 1.807) is 23.2 Å². The number of rotatable bonds is 4. The number of aromatic nitrogens is 1.